The highest BCUT2D eigenvalue weighted by Crippen LogP contribution is 2.54. The normalized spacial score (nSPS) is 20.9. The van der Waals surface area contributed by atoms with Crippen molar-refractivity contribution in [1.29, 1.82) is 5.26 Å². The fraction of sp³-hybridized carbons (Fsp3) is 0.462. The Hall–Kier alpha value is -1.49. The second-order valence-corrected chi connectivity index (χ2v) is 4.94. The number of nitrogens with zero attached hydrogens (tertiary/aromatic N) is 2. The molecule has 0 atom stereocenters. The van der Waals surface area contributed by atoms with E-state index in [1.54, 1.807) is 0 Å². The van der Waals surface area contributed by atoms with Crippen LogP contribution in [0.4, 0.5) is 5.69 Å². The minimum atomic E-state index is 0.649. The van der Waals surface area contributed by atoms with Crippen LogP contribution in [0.1, 0.15) is 24.0 Å². The summed E-state index contributed by atoms with van der Waals surface area (Å²) in [5.74, 6) is 0. The molecule has 0 aromatic heterocycles. The van der Waals surface area contributed by atoms with Crippen molar-refractivity contribution in [2.45, 2.75) is 19.8 Å². The summed E-state index contributed by atoms with van der Waals surface area (Å²) in [6.07, 6.45) is 2.77. The highest BCUT2D eigenvalue weighted by Gasteiger charge is 2.52. The molecule has 0 radical (unpaired) electrons. The van der Waals surface area contributed by atoms with Crippen molar-refractivity contribution in [2.75, 3.05) is 18.0 Å². The summed E-state index contributed by atoms with van der Waals surface area (Å²) >= 11 is 0. The Labute approximate surface area is 90.1 Å². The number of anilines is 1. The van der Waals surface area contributed by atoms with Crippen LogP contribution in [0.15, 0.2) is 18.2 Å². The summed E-state index contributed by atoms with van der Waals surface area (Å²) in [5, 5.41) is 9.14. The molecule has 1 aliphatic carbocycles. The molecule has 3 rings (SSSR count). The molecule has 2 aliphatic rings. The minimum absolute atomic E-state index is 0.649. The largest absolute Gasteiger partial charge is 0.369 e. The van der Waals surface area contributed by atoms with Crippen LogP contribution in [-0.2, 0) is 0 Å². The van der Waals surface area contributed by atoms with Crippen LogP contribution in [0.5, 0.6) is 0 Å². The molecular formula is C13H14N2. The molecule has 1 aromatic carbocycles. The molecule has 2 nitrogen and oxygen atoms in total. The molecule has 2 fully saturated rings. The second-order valence-electron chi connectivity index (χ2n) is 4.94. The van der Waals surface area contributed by atoms with E-state index in [0.717, 1.165) is 29.9 Å². The number of rotatable bonds is 1. The monoisotopic (exact) mass is 198 g/mol. The van der Waals surface area contributed by atoms with Crippen LogP contribution >= 0.6 is 0 Å². The molecule has 15 heavy (non-hydrogen) atoms. The van der Waals surface area contributed by atoms with Crippen LogP contribution in [0.3, 0.4) is 0 Å². The summed E-state index contributed by atoms with van der Waals surface area (Å²) in [4.78, 5) is 2.35. The fourth-order valence-electron chi connectivity index (χ4n) is 2.49. The topological polar surface area (TPSA) is 27.0 Å². The molecule has 1 spiro atoms. The first kappa shape index (κ1) is 8.79. The lowest BCUT2D eigenvalue weighted by Crippen LogP contribution is -2.48. The summed E-state index contributed by atoms with van der Waals surface area (Å²) < 4.78 is 0. The van der Waals surface area contributed by atoms with Crippen molar-refractivity contribution in [3.05, 3.63) is 29.3 Å². The number of aryl methyl sites for hydroxylation is 1. The smallest absolute Gasteiger partial charge is 0.102 e. The molecule has 76 valence electrons. The van der Waals surface area contributed by atoms with E-state index in [0.29, 0.717) is 5.41 Å². The zero-order valence-electron chi connectivity index (χ0n) is 8.95. The van der Waals surface area contributed by atoms with Gasteiger partial charge in [-0.25, -0.2) is 0 Å². The molecule has 1 saturated heterocycles. The average Bonchev–Trinajstić information content (AvgIpc) is 2.94. The summed E-state index contributed by atoms with van der Waals surface area (Å²) in [7, 11) is 0. The maximum atomic E-state index is 9.14. The number of benzene rings is 1. The van der Waals surface area contributed by atoms with Gasteiger partial charge in [-0.15, -0.1) is 0 Å². The molecule has 0 unspecified atom stereocenters. The van der Waals surface area contributed by atoms with E-state index >= 15 is 0 Å². The van der Waals surface area contributed by atoms with E-state index in [9.17, 15) is 0 Å². The van der Waals surface area contributed by atoms with Gasteiger partial charge < -0.3 is 4.90 Å². The summed E-state index contributed by atoms with van der Waals surface area (Å²) in [6.45, 7) is 4.32. The molecule has 1 heterocycles. The third-order valence-electron chi connectivity index (χ3n) is 3.71. The van der Waals surface area contributed by atoms with E-state index in [-0.39, 0.29) is 0 Å². The Morgan fingerprint density at radius 1 is 1.33 bits per heavy atom. The van der Waals surface area contributed by atoms with Crippen molar-refractivity contribution in [2.24, 2.45) is 5.41 Å². The van der Waals surface area contributed by atoms with Crippen LogP contribution in [-0.4, -0.2) is 13.1 Å². The Balaban J connectivity index is 1.92. The van der Waals surface area contributed by atoms with Gasteiger partial charge in [0.05, 0.1) is 11.3 Å². The quantitative estimate of drug-likeness (QED) is 0.693. The van der Waals surface area contributed by atoms with E-state index in [1.807, 2.05) is 19.1 Å². The Kier molecular flexibility index (Phi) is 1.62. The number of hydrogen-bond donors (Lipinski definition) is 0. The first-order chi connectivity index (χ1) is 7.24. The van der Waals surface area contributed by atoms with Gasteiger partial charge in [0.25, 0.3) is 0 Å². The standard InChI is InChI=1S/C13H14N2/c1-10-3-2-4-12(11(10)7-14)15-8-13(9-15)5-6-13/h2-4H,5-6,8-9H2,1H3. The van der Waals surface area contributed by atoms with Gasteiger partial charge in [-0.2, -0.15) is 5.26 Å². The van der Waals surface area contributed by atoms with Gasteiger partial charge in [0, 0.05) is 18.5 Å². The fourth-order valence-corrected chi connectivity index (χ4v) is 2.49. The van der Waals surface area contributed by atoms with E-state index in [2.05, 4.69) is 17.0 Å². The SMILES string of the molecule is Cc1cccc(N2CC3(CC3)C2)c1C#N. The molecule has 2 heteroatoms. The van der Waals surface area contributed by atoms with Crippen LogP contribution < -0.4 is 4.90 Å². The first-order valence-electron chi connectivity index (χ1n) is 5.49. The Morgan fingerprint density at radius 2 is 2.07 bits per heavy atom. The lowest BCUT2D eigenvalue weighted by Gasteiger charge is -2.42. The molecule has 0 bridgehead atoms. The maximum absolute atomic E-state index is 9.14. The zero-order valence-corrected chi connectivity index (χ0v) is 8.95. The molecular weight excluding hydrogens is 184 g/mol. The predicted octanol–water partition coefficient (Wildman–Crippen LogP) is 2.47. The van der Waals surface area contributed by atoms with Crippen molar-refractivity contribution < 1.29 is 0 Å². The summed E-state index contributed by atoms with van der Waals surface area (Å²) in [5.41, 5.74) is 3.73. The maximum Gasteiger partial charge on any atom is 0.102 e. The number of hydrogen-bond acceptors (Lipinski definition) is 2. The Bertz CT molecular complexity index is 444. The minimum Gasteiger partial charge on any atom is -0.369 e. The highest BCUT2D eigenvalue weighted by atomic mass is 15.2. The molecule has 0 amide bonds. The second kappa shape index (κ2) is 2.76. The average molecular weight is 198 g/mol. The molecule has 1 saturated carbocycles. The van der Waals surface area contributed by atoms with E-state index in [4.69, 9.17) is 5.26 Å². The van der Waals surface area contributed by atoms with Crippen LogP contribution in [0.25, 0.3) is 0 Å². The van der Waals surface area contributed by atoms with Gasteiger partial charge in [-0.05, 0) is 31.4 Å². The van der Waals surface area contributed by atoms with Crippen LogP contribution in [0.2, 0.25) is 0 Å². The van der Waals surface area contributed by atoms with Gasteiger partial charge in [0.15, 0.2) is 0 Å². The third-order valence-corrected chi connectivity index (χ3v) is 3.71. The van der Waals surface area contributed by atoms with Gasteiger partial charge in [-0.3, -0.25) is 0 Å². The van der Waals surface area contributed by atoms with E-state index < -0.39 is 0 Å². The summed E-state index contributed by atoms with van der Waals surface area (Å²) in [6, 6.07) is 8.44. The van der Waals surface area contributed by atoms with Crippen molar-refractivity contribution >= 4 is 5.69 Å². The lowest BCUT2D eigenvalue weighted by atomic mass is 9.94. The van der Waals surface area contributed by atoms with Gasteiger partial charge >= 0.3 is 0 Å². The molecule has 1 aliphatic heterocycles. The van der Waals surface area contributed by atoms with Gasteiger partial charge in [0.1, 0.15) is 6.07 Å². The molecule has 0 N–H and O–H groups in total. The van der Waals surface area contributed by atoms with Gasteiger partial charge in [-0.1, -0.05) is 12.1 Å². The van der Waals surface area contributed by atoms with Crippen molar-refractivity contribution in [3.8, 4) is 6.07 Å². The number of nitriles is 1. The van der Waals surface area contributed by atoms with Crippen molar-refractivity contribution in [3.63, 3.8) is 0 Å². The van der Waals surface area contributed by atoms with E-state index in [1.165, 1.54) is 12.8 Å². The van der Waals surface area contributed by atoms with Gasteiger partial charge in [0.2, 0.25) is 0 Å². The lowest BCUT2D eigenvalue weighted by molar-refractivity contribution is 0.387. The zero-order chi connectivity index (χ0) is 10.5. The Morgan fingerprint density at radius 3 is 2.67 bits per heavy atom. The predicted molar refractivity (Wildman–Crippen MR) is 59.8 cm³/mol. The van der Waals surface area contributed by atoms with Crippen molar-refractivity contribution in [1.82, 2.24) is 0 Å². The third kappa shape index (κ3) is 1.23. The molecule has 1 aromatic rings. The first-order valence-corrected chi connectivity index (χ1v) is 5.49. The van der Waals surface area contributed by atoms with Crippen LogP contribution in [0, 0.1) is 23.7 Å². The highest BCUT2D eigenvalue weighted by molar-refractivity contribution is 5.64.